The number of aliphatic hydroxyl groups is 2. The van der Waals surface area contributed by atoms with E-state index in [1.165, 1.54) is 0 Å². The van der Waals surface area contributed by atoms with Gasteiger partial charge >= 0.3 is 0 Å². The van der Waals surface area contributed by atoms with E-state index in [9.17, 15) is 48.6 Å². The smallest absolute Gasteiger partial charge is 0.245 e. The van der Waals surface area contributed by atoms with Gasteiger partial charge in [0.25, 0.3) is 0 Å². The molecule has 0 saturated carbocycles. The van der Waals surface area contributed by atoms with E-state index in [-0.39, 0.29) is 25.2 Å². The van der Waals surface area contributed by atoms with Crippen molar-refractivity contribution in [3.63, 3.8) is 0 Å². The summed E-state index contributed by atoms with van der Waals surface area (Å²) in [6.45, 7) is 8.78. The van der Waals surface area contributed by atoms with Crippen molar-refractivity contribution >= 4 is 47.3 Å². The first-order chi connectivity index (χ1) is 26.4. The third-order valence-electron chi connectivity index (χ3n) is 9.85. The number of aliphatic hydroxyl groups excluding tert-OH is 2. The van der Waals surface area contributed by atoms with Crippen LogP contribution in [0.25, 0.3) is 0 Å². The highest BCUT2D eigenvalue weighted by Crippen LogP contribution is 2.14. The van der Waals surface area contributed by atoms with Crippen LogP contribution in [-0.2, 0) is 44.8 Å². The van der Waals surface area contributed by atoms with Gasteiger partial charge < -0.3 is 53.6 Å². The molecule has 314 valence electrons. The average molecular weight is 791 g/mol. The number of nitrogens with two attached hydrogens (primary N) is 2. The first-order valence-corrected chi connectivity index (χ1v) is 19.1. The molecule has 0 fully saturated rings. The van der Waals surface area contributed by atoms with Crippen molar-refractivity contribution in [1.82, 2.24) is 31.9 Å². The maximum absolute atomic E-state index is 13.7. The molecule has 9 atom stereocenters. The minimum atomic E-state index is -1.58. The first kappa shape index (κ1) is 48.9. The Bertz CT molecular complexity index is 1480. The van der Waals surface area contributed by atoms with Gasteiger partial charge in [-0.1, -0.05) is 91.1 Å². The van der Waals surface area contributed by atoms with Gasteiger partial charge in [0, 0.05) is 12.8 Å². The van der Waals surface area contributed by atoms with Gasteiger partial charge in [0.15, 0.2) is 0 Å². The van der Waals surface area contributed by atoms with Gasteiger partial charge in [0.2, 0.25) is 47.3 Å². The monoisotopic (exact) mass is 790 g/mol. The number of carbonyl (C=O) groups excluding carboxylic acids is 8. The molecule has 0 aliphatic rings. The normalized spacial score (nSPS) is 15.9. The largest absolute Gasteiger partial charge is 0.394 e. The van der Waals surface area contributed by atoms with Crippen LogP contribution >= 0.6 is 0 Å². The third kappa shape index (κ3) is 16.3. The van der Waals surface area contributed by atoms with Gasteiger partial charge in [-0.3, -0.25) is 38.4 Å². The van der Waals surface area contributed by atoms with E-state index >= 15 is 0 Å². The van der Waals surface area contributed by atoms with Crippen LogP contribution in [0.15, 0.2) is 30.3 Å². The highest BCUT2D eigenvalue weighted by Gasteiger charge is 2.36. The molecule has 0 aromatic heterocycles. The molecule has 0 radical (unpaired) electrons. The van der Waals surface area contributed by atoms with Crippen molar-refractivity contribution in [3.8, 4) is 0 Å². The molecule has 0 aliphatic carbocycles. The summed E-state index contributed by atoms with van der Waals surface area (Å²) in [5.74, 6) is -7.69. The van der Waals surface area contributed by atoms with E-state index in [0.717, 1.165) is 5.56 Å². The molecule has 1 rings (SSSR count). The zero-order chi connectivity index (χ0) is 42.5. The van der Waals surface area contributed by atoms with Crippen molar-refractivity contribution in [1.29, 1.82) is 0 Å². The van der Waals surface area contributed by atoms with Crippen LogP contribution in [0.5, 0.6) is 0 Å². The lowest BCUT2D eigenvalue weighted by molar-refractivity contribution is -0.137. The van der Waals surface area contributed by atoms with Crippen LogP contribution in [0.1, 0.15) is 85.6 Å². The summed E-state index contributed by atoms with van der Waals surface area (Å²) in [5, 5.41) is 34.7. The number of hydrogen-bond acceptors (Lipinski definition) is 10. The van der Waals surface area contributed by atoms with Gasteiger partial charge in [-0.05, 0) is 36.2 Å². The van der Waals surface area contributed by atoms with Crippen molar-refractivity contribution in [3.05, 3.63) is 35.9 Å². The molecule has 12 N–H and O–H groups in total. The molecule has 8 amide bonds. The topological polar surface area (TPSA) is 301 Å². The van der Waals surface area contributed by atoms with Crippen LogP contribution in [-0.4, -0.2) is 107 Å². The summed E-state index contributed by atoms with van der Waals surface area (Å²) >= 11 is 0. The molecule has 18 nitrogen and oxygen atoms in total. The van der Waals surface area contributed by atoms with Crippen LogP contribution in [0.4, 0.5) is 0 Å². The summed E-state index contributed by atoms with van der Waals surface area (Å²) in [5.41, 5.74) is 11.5. The fraction of sp³-hybridized carbons (Fsp3) is 0.632. The molecule has 0 heterocycles. The summed E-state index contributed by atoms with van der Waals surface area (Å²) in [6, 6.07) is 1.34. The Hall–Kier alpha value is -5.10. The number of amides is 8. The van der Waals surface area contributed by atoms with Crippen molar-refractivity contribution in [2.75, 3.05) is 13.2 Å². The summed E-state index contributed by atoms with van der Waals surface area (Å²) in [7, 11) is 0. The Morgan fingerprint density at radius 3 is 1.41 bits per heavy atom. The van der Waals surface area contributed by atoms with Crippen LogP contribution in [0.3, 0.4) is 0 Å². The number of nitrogens with one attached hydrogen (secondary N) is 6. The third-order valence-corrected chi connectivity index (χ3v) is 9.85. The Labute approximate surface area is 328 Å². The molecule has 1 aromatic carbocycles. The molecule has 0 bridgehead atoms. The Balaban J connectivity index is 3.21. The van der Waals surface area contributed by atoms with Gasteiger partial charge in [0.1, 0.15) is 36.3 Å². The molecular formula is C38H62N8O10. The number of rotatable bonds is 26. The lowest BCUT2D eigenvalue weighted by Gasteiger charge is -2.31. The molecule has 0 saturated heterocycles. The second-order valence-corrected chi connectivity index (χ2v) is 14.1. The van der Waals surface area contributed by atoms with Crippen LogP contribution < -0.4 is 43.4 Å². The molecule has 0 unspecified atom stereocenters. The summed E-state index contributed by atoms with van der Waals surface area (Å²) in [4.78, 5) is 104. The minimum absolute atomic E-state index is 0.103. The number of carbonyl (C=O) groups is 8. The fourth-order valence-electron chi connectivity index (χ4n) is 5.50. The van der Waals surface area contributed by atoms with Crippen molar-refractivity contribution in [2.24, 2.45) is 29.2 Å². The molecule has 1 aromatic rings. The second-order valence-electron chi connectivity index (χ2n) is 14.1. The summed E-state index contributed by atoms with van der Waals surface area (Å²) < 4.78 is 0. The Kier molecular flexibility index (Phi) is 22.0. The number of benzene rings is 1. The first-order valence-electron chi connectivity index (χ1n) is 19.1. The standard InChI is InChI=1S/C38H62N8O10/c1-7-21(4)30(44-29(50)18-15-24-13-11-10-12-14-24)36(54)43-27(20-48)35(53)41-25(16-17-28(39)49)34(52)45-32(23(6)9-3)38(56)46-31(22(5)8-2)37(55)42-26(19-47)33(40)51/h10-14,21-23,25-27,30-32,47-48H,7-9,15-20H2,1-6H3,(H2,39,49)(H2,40,51)(H,41,53)(H,42,55)(H,43,54)(H,44,50)(H,45,52)(H,46,56)/t21-,22-,23-,25+,26-,27-,30-,31-,32+/m0/s1. The quantitative estimate of drug-likeness (QED) is 0.0513. The Morgan fingerprint density at radius 1 is 0.554 bits per heavy atom. The van der Waals surface area contributed by atoms with Crippen molar-refractivity contribution in [2.45, 2.75) is 123 Å². The van der Waals surface area contributed by atoms with E-state index in [1.54, 1.807) is 34.6 Å². The van der Waals surface area contributed by atoms with Gasteiger partial charge in [0.05, 0.1) is 13.2 Å². The highest BCUT2D eigenvalue weighted by molar-refractivity contribution is 5.97. The van der Waals surface area contributed by atoms with E-state index in [4.69, 9.17) is 11.5 Å². The van der Waals surface area contributed by atoms with Crippen LogP contribution in [0, 0.1) is 17.8 Å². The van der Waals surface area contributed by atoms with E-state index in [1.807, 2.05) is 37.3 Å². The zero-order valence-electron chi connectivity index (χ0n) is 33.3. The van der Waals surface area contributed by atoms with E-state index in [2.05, 4.69) is 31.9 Å². The van der Waals surface area contributed by atoms with Crippen molar-refractivity contribution < 1.29 is 48.6 Å². The molecule has 0 aliphatic heterocycles. The average Bonchev–Trinajstić information content (AvgIpc) is 3.18. The number of aryl methyl sites for hydroxylation is 1. The lowest BCUT2D eigenvalue weighted by Crippen LogP contribution is -2.62. The minimum Gasteiger partial charge on any atom is -0.394 e. The number of primary amides is 2. The van der Waals surface area contributed by atoms with Gasteiger partial charge in [-0.15, -0.1) is 0 Å². The van der Waals surface area contributed by atoms with Gasteiger partial charge in [-0.25, -0.2) is 0 Å². The van der Waals surface area contributed by atoms with E-state index in [0.29, 0.717) is 25.7 Å². The number of hydrogen-bond donors (Lipinski definition) is 10. The molecule has 56 heavy (non-hydrogen) atoms. The SMILES string of the molecule is CC[C@H](C)[C@H](NC(=O)CCc1ccccc1)C(=O)N[C@@H](CO)C(=O)N[C@H](CCC(N)=O)C(=O)N[C@@H](C(=O)N[C@H](C(=O)N[C@@H](CO)C(N)=O)[C@@H](C)CC)[C@@H](C)CC. The predicted molar refractivity (Wildman–Crippen MR) is 207 cm³/mol. The molecule has 0 spiro atoms. The maximum Gasteiger partial charge on any atom is 0.245 e. The summed E-state index contributed by atoms with van der Waals surface area (Å²) in [6.07, 6.45) is 1.16. The van der Waals surface area contributed by atoms with E-state index < -0.39 is 109 Å². The highest BCUT2D eigenvalue weighted by atomic mass is 16.3. The van der Waals surface area contributed by atoms with Gasteiger partial charge in [-0.2, -0.15) is 0 Å². The van der Waals surface area contributed by atoms with Crippen LogP contribution in [0.2, 0.25) is 0 Å². The second kappa shape index (κ2) is 25.1. The molecular weight excluding hydrogens is 728 g/mol. The Morgan fingerprint density at radius 2 is 0.964 bits per heavy atom. The zero-order valence-corrected chi connectivity index (χ0v) is 33.3. The fourth-order valence-corrected chi connectivity index (χ4v) is 5.50. The lowest BCUT2D eigenvalue weighted by atomic mass is 9.94. The molecule has 18 heteroatoms. The predicted octanol–water partition coefficient (Wildman–Crippen LogP) is -1.60. The maximum atomic E-state index is 13.7.